The number of carbonyl (C=O) groups is 2. The Kier molecular flexibility index (Phi) is 4.80. The monoisotopic (exact) mass is 389 g/mol. The van der Waals surface area contributed by atoms with Gasteiger partial charge in [-0.2, -0.15) is 0 Å². The van der Waals surface area contributed by atoms with E-state index < -0.39 is 0 Å². The van der Waals surface area contributed by atoms with Crippen molar-refractivity contribution in [3.8, 4) is 0 Å². The number of amides is 3. The van der Waals surface area contributed by atoms with E-state index in [-0.39, 0.29) is 11.9 Å². The predicted octanol–water partition coefficient (Wildman–Crippen LogP) is 3.22. The minimum absolute atomic E-state index is 0.0823. The first-order valence-electron chi connectivity index (χ1n) is 9.39. The molecular formula is C22H23N5O2. The highest BCUT2D eigenvalue weighted by Crippen LogP contribution is 2.23. The SMILES string of the molecule is CN(Cc1cn(C)c2ccccc12)C(=O)/C=C/c1cnc2c(c1)CN(C)C(=O)N2. The summed E-state index contributed by atoms with van der Waals surface area (Å²) in [7, 11) is 5.53. The smallest absolute Gasteiger partial charge is 0.323 e. The van der Waals surface area contributed by atoms with Gasteiger partial charge >= 0.3 is 6.03 Å². The van der Waals surface area contributed by atoms with Crippen molar-refractivity contribution in [3.63, 3.8) is 0 Å². The summed E-state index contributed by atoms with van der Waals surface area (Å²) in [6, 6.07) is 9.94. The van der Waals surface area contributed by atoms with Crippen LogP contribution in [-0.2, 0) is 24.9 Å². The van der Waals surface area contributed by atoms with E-state index in [4.69, 9.17) is 0 Å². The van der Waals surface area contributed by atoms with Crippen molar-refractivity contribution in [2.24, 2.45) is 7.05 Å². The molecule has 0 unspecified atom stereocenters. The zero-order chi connectivity index (χ0) is 20.5. The molecule has 0 aliphatic carbocycles. The number of para-hydroxylation sites is 1. The van der Waals surface area contributed by atoms with Crippen molar-refractivity contribution in [2.45, 2.75) is 13.1 Å². The molecule has 1 aliphatic heterocycles. The number of nitrogens with one attached hydrogen (secondary N) is 1. The summed E-state index contributed by atoms with van der Waals surface area (Å²) in [6.07, 6.45) is 7.03. The molecule has 148 valence electrons. The molecular weight excluding hydrogens is 366 g/mol. The van der Waals surface area contributed by atoms with E-state index >= 15 is 0 Å². The summed E-state index contributed by atoms with van der Waals surface area (Å²) in [5.41, 5.74) is 4.00. The third-order valence-electron chi connectivity index (χ3n) is 5.15. The minimum atomic E-state index is -0.168. The van der Waals surface area contributed by atoms with Gasteiger partial charge in [-0.05, 0) is 29.3 Å². The second-order valence-electron chi connectivity index (χ2n) is 7.37. The standard InChI is InChI=1S/C22H23N5O2/c1-25-13-17(18-6-4-5-7-19(18)25)14-26(2)20(28)9-8-15-10-16-12-27(3)22(29)24-21(16)23-11-15/h4-11,13H,12,14H2,1-3H3,(H,23,24,29)/b9-8+. The maximum absolute atomic E-state index is 12.6. The lowest BCUT2D eigenvalue weighted by atomic mass is 10.1. The highest BCUT2D eigenvalue weighted by Gasteiger charge is 2.20. The van der Waals surface area contributed by atoms with E-state index in [0.717, 1.165) is 27.6 Å². The largest absolute Gasteiger partial charge is 0.350 e. The molecule has 7 heteroatoms. The van der Waals surface area contributed by atoms with Gasteiger partial charge in [0, 0.05) is 62.6 Å². The van der Waals surface area contributed by atoms with Gasteiger partial charge < -0.3 is 14.4 Å². The number of carbonyl (C=O) groups excluding carboxylic acids is 2. The predicted molar refractivity (Wildman–Crippen MR) is 113 cm³/mol. The summed E-state index contributed by atoms with van der Waals surface area (Å²) in [4.78, 5) is 31.8. The van der Waals surface area contributed by atoms with Crippen LogP contribution in [0.3, 0.4) is 0 Å². The summed E-state index contributed by atoms with van der Waals surface area (Å²) >= 11 is 0. The normalized spacial score (nSPS) is 13.6. The number of aryl methyl sites for hydroxylation is 1. The fourth-order valence-corrected chi connectivity index (χ4v) is 3.56. The molecule has 1 N–H and O–H groups in total. The van der Waals surface area contributed by atoms with Crippen LogP contribution in [0.4, 0.5) is 10.6 Å². The lowest BCUT2D eigenvalue weighted by Gasteiger charge is -2.25. The van der Waals surface area contributed by atoms with Crippen LogP contribution >= 0.6 is 0 Å². The van der Waals surface area contributed by atoms with E-state index in [2.05, 4.69) is 33.2 Å². The van der Waals surface area contributed by atoms with Crippen LogP contribution in [0.15, 0.2) is 48.8 Å². The van der Waals surface area contributed by atoms with Crippen LogP contribution in [0.25, 0.3) is 17.0 Å². The number of pyridine rings is 1. The third-order valence-corrected chi connectivity index (χ3v) is 5.15. The van der Waals surface area contributed by atoms with Crippen LogP contribution < -0.4 is 5.32 Å². The van der Waals surface area contributed by atoms with Gasteiger partial charge in [-0.3, -0.25) is 10.1 Å². The maximum Gasteiger partial charge on any atom is 0.323 e. The molecule has 0 saturated heterocycles. The van der Waals surface area contributed by atoms with Crippen molar-refractivity contribution in [1.82, 2.24) is 19.4 Å². The summed E-state index contributed by atoms with van der Waals surface area (Å²) in [5.74, 6) is 0.491. The second-order valence-corrected chi connectivity index (χ2v) is 7.37. The number of hydrogen-bond acceptors (Lipinski definition) is 3. The fraction of sp³-hybridized carbons (Fsp3) is 0.227. The van der Waals surface area contributed by atoms with Crippen molar-refractivity contribution in [1.29, 1.82) is 0 Å². The van der Waals surface area contributed by atoms with Crippen LogP contribution in [0.1, 0.15) is 16.7 Å². The molecule has 0 atom stereocenters. The molecule has 3 heterocycles. The quantitative estimate of drug-likeness (QED) is 0.697. The van der Waals surface area contributed by atoms with Gasteiger partial charge in [0.2, 0.25) is 5.91 Å². The number of rotatable bonds is 4. The Morgan fingerprint density at radius 1 is 1.31 bits per heavy atom. The average molecular weight is 389 g/mol. The van der Waals surface area contributed by atoms with E-state index in [0.29, 0.717) is 18.9 Å². The Balaban J connectivity index is 1.47. The second kappa shape index (κ2) is 7.43. The molecule has 3 amide bonds. The first-order valence-corrected chi connectivity index (χ1v) is 9.39. The van der Waals surface area contributed by atoms with Gasteiger partial charge in [0.05, 0.1) is 6.54 Å². The Labute approximate surface area is 169 Å². The number of anilines is 1. The van der Waals surface area contributed by atoms with Gasteiger partial charge in [-0.15, -0.1) is 0 Å². The first kappa shape index (κ1) is 18.7. The van der Waals surface area contributed by atoms with Gasteiger partial charge in [0.25, 0.3) is 0 Å². The van der Waals surface area contributed by atoms with Gasteiger partial charge in [-0.1, -0.05) is 18.2 Å². The molecule has 7 nitrogen and oxygen atoms in total. The number of fused-ring (bicyclic) bond motifs is 2. The number of aromatic nitrogens is 2. The highest BCUT2D eigenvalue weighted by molar-refractivity contribution is 5.93. The van der Waals surface area contributed by atoms with Crippen LogP contribution in [0, 0.1) is 0 Å². The molecule has 0 radical (unpaired) electrons. The number of urea groups is 1. The van der Waals surface area contributed by atoms with Crippen molar-refractivity contribution >= 4 is 34.7 Å². The molecule has 4 rings (SSSR count). The summed E-state index contributed by atoms with van der Waals surface area (Å²) < 4.78 is 2.08. The maximum atomic E-state index is 12.6. The van der Waals surface area contributed by atoms with Gasteiger partial charge in [-0.25, -0.2) is 9.78 Å². The zero-order valence-electron chi connectivity index (χ0n) is 16.7. The number of nitrogens with zero attached hydrogens (tertiary/aromatic N) is 4. The average Bonchev–Trinajstić information content (AvgIpc) is 3.02. The highest BCUT2D eigenvalue weighted by atomic mass is 16.2. The Bertz CT molecular complexity index is 1130. The number of benzene rings is 1. The number of hydrogen-bond donors (Lipinski definition) is 1. The topological polar surface area (TPSA) is 70.5 Å². The van der Waals surface area contributed by atoms with E-state index in [1.165, 1.54) is 0 Å². The Hall–Kier alpha value is -3.61. The Morgan fingerprint density at radius 2 is 2.10 bits per heavy atom. The van der Waals surface area contributed by atoms with E-state index in [9.17, 15) is 9.59 Å². The van der Waals surface area contributed by atoms with Crippen LogP contribution in [-0.4, -0.2) is 45.4 Å². The Morgan fingerprint density at radius 3 is 2.93 bits per heavy atom. The summed E-state index contributed by atoms with van der Waals surface area (Å²) in [6.45, 7) is 1.02. The molecule has 1 aliphatic rings. The van der Waals surface area contributed by atoms with E-state index in [1.807, 2.05) is 25.2 Å². The molecule has 1 aromatic carbocycles. The molecule has 29 heavy (non-hydrogen) atoms. The lowest BCUT2D eigenvalue weighted by molar-refractivity contribution is -0.125. The molecule has 0 bridgehead atoms. The molecule has 0 saturated carbocycles. The number of likely N-dealkylation sites (N-methyl/N-ethyl adjacent to an activating group) is 1. The van der Waals surface area contributed by atoms with Crippen molar-refractivity contribution < 1.29 is 9.59 Å². The molecule has 3 aromatic rings. The third kappa shape index (κ3) is 3.71. The van der Waals surface area contributed by atoms with Crippen molar-refractivity contribution in [3.05, 3.63) is 65.5 Å². The zero-order valence-corrected chi connectivity index (χ0v) is 16.7. The van der Waals surface area contributed by atoms with Crippen molar-refractivity contribution in [2.75, 3.05) is 19.4 Å². The fourth-order valence-electron chi connectivity index (χ4n) is 3.56. The molecule has 2 aromatic heterocycles. The first-order chi connectivity index (χ1) is 13.9. The van der Waals surface area contributed by atoms with Gasteiger partial charge in [0.15, 0.2) is 0 Å². The van der Waals surface area contributed by atoms with E-state index in [1.54, 1.807) is 42.2 Å². The van der Waals surface area contributed by atoms with Crippen LogP contribution in [0.2, 0.25) is 0 Å². The lowest BCUT2D eigenvalue weighted by Crippen LogP contribution is -2.35. The minimum Gasteiger partial charge on any atom is -0.350 e. The summed E-state index contributed by atoms with van der Waals surface area (Å²) in [5, 5.41) is 3.89. The molecule has 0 spiro atoms. The molecule has 0 fully saturated rings. The van der Waals surface area contributed by atoms with Gasteiger partial charge in [0.1, 0.15) is 5.82 Å². The van der Waals surface area contributed by atoms with Crippen LogP contribution in [0.5, 0.6) is 0 Å².